The Labute approximate surface area is 179 Å². The molecular weight excluding hydrogens is 398 g/mol. The van der Waals surface area contributed by atoms with Crippen LogP contribution in [0.1, 0.15) is 30.9 Å². The van der Waals surface area contributed by atoms with Crippen LogP contribution in [-0.2, 0) is 21.4 Å². The topological polar surface area (TPSA) is 69.7 Å². The standard InChI is InChI=1S/C23H29N3O3S/c1-4-26(17-19-5-12-21(13-6-19)25(2)3)23(27)16-9-18-7-14-22(15-8-18)30(28,29)24-20-10-11-20/h5-9,12-16,20,24H,4,10-11,17H2,1-3H3/b16-9+. The SMILES string of the molecule is CCN(Cc1ccc(N(C)C)cc1)C(=O)/C=C/c1ccc(S(=O)(=O)NC2CC2)cc1. The van der Waals surface area contributed by atoms with Crippen LogP contribution in [0, 0.1) is 0 Å². The quantitative estimate of drug-likeness (QED) is 0.624. The summed E-state index contributed by atoms with van der Waals surface area (Å²) in [6.07, 6.45) is 5.04. The average Bonchev–Trinajstić information content (AvgIpc) is 3.54. The molecule has 1 amide bonds. The van der Waals surface area contributed by atoms with E-state index in [0.717, 1.165) is 29.7 Å². The Morgan fingerprint density at radius 2 is 1.70 bits per heavy atom. The van der Waals surface area contributed by atoms with Crippen molar-refractivity contribution in [2.24, 2.45) is 0 Å². The molecule has 0 unspecified atom stereocenters. The summed E-state index contributed by atoms with van der Waals surface area (Å²) in [6.45, 7) is 3.09. The van der Waals surface area contributed by atoms with E-state index < -0.39 is 10.0 Å². The maximum absolute atomic E-state index is 12.6. The van der Waals surface area contributed by atoms with Gasteiger partial charge in [0.05, 0.1) is 4.90 Å². The van der Waals surface area contributed by atoms with E-state index in [0.29, 0.717) is 13.1 Å². The Kier molecular flexibility index (Phi) is 6.95. The molecule has 160 valence electrons. The molecule has 1 aliphatic carbocycles. The van der Waals surface area contributed by atoms with E-state index in [1.54, 1.807) is 35.2 Å². The molecule has 1 fully saturated rings. The predicted molar refractivity (Wildman–Crippen MR) is 121 cm³/mol. The molecule has 6 nitrogen and oxygen atoms in total. The van der Waals surface area contributed by atoms with Gasteiger partial charge in [-0.25, -0.2) is 13.1 Å². The number of nitrogens with one attached hydrogen (secondary N) is 1. The number of rotatable bonds is 9. The van der Waals surface area contributed by atoms with E-state index in [4.69, 9.17) is 0 Å². The summed E-state index contributed by atoms with van der Waals surface area (Å²) in [5.41, 5.74) is 2.97. The van der Waals surface area contributed by atoms with E-state index in [1.807, 2.05) is 50.2 Å². The summed E-state index contributed by atoms with van der Waals surface area (Å²) >= 11 is 0. The van der Waals surface area contributed by atoms with Crippen LogP contribution in [0.15, 0.2) is 59.5 Å². The summed E-state index contributed by atoms with van der Waals surface area (Å²) in [7, 11) is 0.529. The first-order valence-electron chi connectivity index (χ1n) is 10.1. The fraction of sp³-hybridized carbons (Fsp3) is 0.348. The lowest BCUT2D eigenvalue weighted by Gasteiger charge is -2.20. The van der Waals surface area contributed by atoms with Gasteiger partial charge in [-0.15, -0.1) is 0 Å². The summed E-state index contributed by atoms with van der Waals surface area (Å²) in [5, 5.41) is 0. The third-order valence-electron chi connectivity index (χ3n) is 5.03. The van der Waals surface area contributed by atoms with Crippen LogP contribution in [0.2, 0.25) is 0 Å². The molecule has 0 saturated heterocycles. The number of likely N-dealkylation sites (N-methyl/N-ethyl adjacent to an activating group) is 1. The Morgan fingerprint density at radius 1 is 1.07 bits per heavy atom. The van der Waals surface area contributed by atoms with E-state index in [1.165, 1.54) is 6.08 Å². The summed E-state index contributed by atoms with van der Waals surface area (Å²) in [5.74, 6) is -0.0821. The number of nitrogens with zero attached hydrogens (tertiary/aromatic N) is 2. The van der Waals surface area contributed by atoms with Crippen LogP contribution in [0.3, 0.4) is 0 Å². The van der Waals surface area contributed by atoms with Crippen molar-refractivity contribution in [2.45, 2.75) is 37.2 Å². The molecule has 3 rings (SSSR count). The lowest BCUT2D eigenvalue weighted by atomic mass is 10.1. The zero-order chi connectivity index (χ0) is 21.7. The molecule has 7 heteroatoms. The number of benzene rings is 2. The number of amides is 1. The molecule has 0 atom stereocenters. The van der Waals surface area contributed by atoms with Gasteiger partial charge < -0.3 is 9.80 Å². The zero-order valence-electron chi connectivity index (χ0n) is 17.7. The van der Waals surface area contributed by atoms with Crippen LogP contribution < -0.4 is 9.62 Å². The minimum absolute atomic E-state index is 0.0753. The Morgan fingerprint density at radius 3 is 2.23 bits per heavy atom. The smallest absolute Gasteiger partial charge is 0.246 e. The lowest BCUT2D eigenvalue weighted by Crippen LogP contribution is -2.28. The van der Waals surface area contributed by atoms with Crippen LogP contribution in [0.5, 0.6) is 0 Å². The highest BCUT2D eigenvalue weighted by molar-refractivity contribution is 7.89. The molecule has 0 heterocycles. The predicted octanol–water partition coefficient (Wildman–Crippen LogP) is 3.26. The first kappa shape index (κ1) is 22.1. The Hall–Kier alpha value is -2.64. The van der Waals surface area contributed by atoms with Crippen LogP contribution in [-0.4, -0.2) is 45.9 Å². The second-order valence-electron chi connectivity index (χ2n) is 7.71. The van der Waals surface area contributed by atoms with Crippen molar-refractivity contribution in [1.29, 1.82) is 0 Å². The second kappa shape index (κ2) is 9.45. The molecule has 1 N–H and O–H groups in total. The van der Waals surface area contributed by atoms with E-state index in [-0.39, 0.29) is 16.8 Å². The number of hydrogen-bond donors (Lipinski definition) is 1. The van der Waals surface area contributed by atoms with Crippen LogP contribution in [0.25, 0.3) is 6.08 Å². The van der Waals surface area contributed by atoms with Gasteiger partial charge in [-0.05, 0) is 61.2 Å². The van der Waals surface area contributed by atoms with Crippen LogP contribution >= 0.6 is 0 Å². The summed E-state index contributed by atoms with van der Waals surface area (Å²) < 4.78 is 27.1. The van der Waals surface area contributed by atoms with Crippen molar-refractivity contribution >= 4 is 27.7 Å². The fourth-order valence-corrected chi connectivity index (χ4v) is 4.29. The van der Waals surface area contributed by atoms with E-state index in [2.05, 4.69) is 4.72 Å². The molecule has 0 bridgehead atoms. The normalized spacial score (nSPS) is 14.1. The van der Waals surface area contributed by atoms with Gasteiger partial charge in [0.2, 0.25) is 15.9 Å². The highest BCUT2D eigenvalue weighted by Gasteiger charge is 2.27. The molecule has 0 spiro atoms. The van der Waals surface area contributed by atoms with Gasteiger partial charge in [0.1, 0.15) is 0 Å². The molecule has 2 aromatic carbocycles. The summed E-state index contributed by atoms with van der Waals surface area (Å²) in [4.78, 5) is 16.7. The maximum atomic E-state index is 12.6. The fourth-order valence-electron chi connectivity index (χ4n) is 2.99. The van der Waals surface area contributed by atoms with Gasteiger partial charge >= 0.3 is 0 Å². The number of hydrogen-bond acceptors (Lipinski definition) is 4. The minimum Gasteiger partial charge on any atom is -0.378 e. The van der Waals surface area contributed by atoms with E-state index >= 15 is 0 Å². The van der Waals surface area contributed by atoms with Gasteiger partial charge in [0.25, 0.3) is 0 Å². The van der Waals surface area contributed by atoms with E-state index in [9.17, 15) is 13.2 Å². The number of sulfonamides is 1. The summed E-state index contributed by atoms with van der Waals surface area (Å²) in [6, 6.07) is 14.8. The maximum Gasteiger partial charge on any atom is 0.246 e. The highest BCUT2D eigenvalue weighted by atomic mass is 32.2. The Bertz CT molecular complexity index is 993. The molecule has 1 aliphatic rings. The van der Waals surface area contributed by atoms with Crippen molar-refractivity contribution in [3.05, 3.63) is 65.7 Å². The lowest BCUT2D eigenvalue weighted by molar-refractivity contribution is -0.126. The van der Waals surface area contributed by atoms with Gasteiger partial charge in [0, 0.05) is 45.0 Å². The third kappa shape index (κ3) is 5.93. The molecular formula is C23H29N3O3S. The first-order chi connectivity index (χ1) is 14.3. The molecule has 0 radical (unpaired) electrons. The third-order valence-corrected chi connectivity index (χ3v) is 6.56. The van der Waals surface area contributed by atoms with Gasteiger partial charge in [-0.1, -0.05) is 24.3 Å². The molecule has 30 heavy (non-hydrogen) atoms. The van der Waals surface area contributed by atoms with Gasteiger partial charge in [-0.3, -0.25) is 4.79 Å². The Balaban J connectivity index is 1.61. The minimum atomic E-state index is -3.46. The van der Waals surface area contributed by atoms with Gasteiger partial charge in [0.15, 0.2) is 0 Å². The highest BCUT2D eigenvalue weighted by Crippen LogP contribution is 2.22. The largest absolute Gasteiger partial charge is 0.378 e. The van der Waals surface area contributed by atoms with Crippen molar-refractivity contribution in [3.63, 3.8) is 0 Å². The molecule has 0 aromatic heterocycles. The molecule has 2 aromatic rings. The molecule has 1 saturated carbocycles. The van der Waals surface area contributed by atoms with Crippen molar-refractivity contribution in [2.75, 3.05) is 25.5 Å². The van der Waals surface area contributed by atoms with Crippen molar-refractivity contribution in [3.8, 4) is 0 Å². The number of carbonyl (C=O) groups excluding carboxylic acids is 1. The number of carbonyl (C=O) groups is 1. The monoisotopic (exact) mass is 427 g/mol. The average molecular weight is 428 g/mol. The van der Waals surface area contributed by atoms with Crippen molar-refractivity contribution in [1.82, 2.24) is 9.62 Å². The zero-order valence-corrected chi connectivity index (χ0v) is 18.5. The number of anilines is 1. The second-order valence-corrected chi connectivity index (χ2v) is 9.43. The van der Waals surface area contributed by atoms with Crippen LogP contribution in [0.4, 0.5) is 5.69 Å². The first-order valence-corrected chi connectivity index (χ1v) is 11.6. The molecule has 0 aliphatic heterocycles. The van der Waals surface area contributed by atoms with Crippen molar-refractivity contribution < 1.29 is 13.2 Å². The van der Waals surface area contributed by atoms with Gasteiger partial charge in [-0.2, -0.15) is 0 Å².